The maximum Gasteiger partial charge on any atom is 0.162 e. The van der Waals surface area contributed by atoms with Gasteiger partial charge in [-0.15, -0.1) is 0 Å². The summed E-state index contributed by atoms with van der Waals surface area (Å²) in [6.07, 6.45) is 0. The molecule has 0 bridgehead atoms. The lowest BCUT2D eigenvalue weighted by molar-refractivity contribution is 0.631. The smallest absolute Gasteiger partial charge is 0.162 e. The van der Waals surface area contributed by atoms with Gasteiger partial charge in [-0.05, 0) is 18.2 Å². The van der Waals surface area contributed by atoms with E-state index in [4.69, 9.17) is 17.3 Å². The van der Waals surface area contributed by atoms with Gasteiger partial charge in [0.15, 0.2) is 5.82 Å². The maximum atomic E-state index is 14.0. The van der Waals surface area contributed by atoms with Crippen LogP contribution in [-0.2, 0) is 0 Å². The normalized spacial score (nSPS) is 10.6. The summed E-state index contributed by atoms with van der Waals surface area (Å²) < 4.78 is 14.0. The molecule has 0 spiro atoms. The summed E-state index contributed by atoms with van der Waals surface area (Å²) in [6, 6.07) is 15.4. The lowest BCUT2D eigenvalue weighted by Gasteiger charge is -2.07. The van der Waals surface area contributed by atoms with Crippen molar-refractivity contribution < 1.29 is 4.39 Å². The third kappa shape index (κ3) is 2.85. The first-order chi connectivity index (χ1) is 10.1. The Morgan fingerprint density at radius 2 is 1.71 bits per heavy atom. The molecule has 3 aromatic rings. The van der Waals surface area contributed by atoms with Crippen molar-refractivity contribution in [2.45, 2.75) is 0 Å². The first-order valence-corrected chi connectivity index (χ1v) is 6.67. The van der Waals surface area contributed by atoms with Crippen LogP contribution in [0.2, 0.25) is 5.02 Å². The number of halogens is 2. The van der Waals surface area contributed by atoms with Gasteiger partial charge in [0, 0.05) is 22.2 Å². The van der Waals surface area contributed by atoms with E-state index in [2.05, 4.69) is 9.97 Å². The van der Waals surface area contributed by atoms with Gasteiger partial charge in [-0.2, -0.15) is 0 Å². The summed E-state index contributed by atoms with van der Waals surface area (Å²) in [7, 11) is 0. The Morgan fingerprint density at radius 3 is 2.43 bits per heavy atom. The maximum absolute atomic E-state index is 14.0. The minimum atomic E-state index is -0.445. The Morgan fingerprint density at radius 1 is 0.952 bits per heavy atom. The monoisotopic (exact) mass is 299 g/mol. The molecule has 2 aromatic carbocycles. The van der Waals surface area contributed by atoms with Gasteiger partial charge in [0.25, 0.3) is 0 Å². The van der Waals surface area contributed by atoms with Crippen molar-refractivity contribution in [3.8, 4) is 22.6 Å². The second kappa shape index (κ2) is 5.50. The van der Waals surface area contributed by atoms with E-state index in [0.29, 0.717) is 22.1 Å². The average molecular weight is 300 g/mol. The highest BCUT2D eigenvalue weighted by atomic mass is 35.5. The van der Waals surface area contributed by atoms with Crippen molar-refractivity contribution in [2.75, 3.05) is 5.73 Å². The number of nitrogens with zero attached hydrogens (tertiary/aromatic N) is 2. The van der Waals surface area contributed by atoms with Crippen molar-refractivity contribution in [3.05, 3.63) is 65.4 Å². The highest BCUT2D eigenvalue weighted by Crippen LogP contribution is 2.27. The zero-order valence-electron chi connectivity index (χ0n) is 10.9. The van der Waals surface area contributed by atoms with Crippen LogP contribution in [0.3, 0.4) is 0 Å². The number of anilines is 1. The molecule has 1 aromatic heterocycles. The highest BCUT2D eigenvalue weighted by Gasteiger charge is 2.11. The fourth-order valence-electron chi connectivity index (χ4n) is 2.02. The Labute approximate surface area is 126 Å². The number of nitrogens with two attached hydrogens (primary N) is 1. The zero-order chi connectivity index (χ0) is 14.8. The predicted octanol–water partition coefficient (Wildman–Crippen LogP) is 4.19. The molecule has 3 rings (SSSR count). The van der Waals surface area contributed by atoms with Crippen LogP contribution < -0.4 is 5.73 Å². The number of rotatable bonds is 2. The van der Waals surface area contributed by atoms with Gasteiger partial charge < -0.3 is 5.73 Å². The molecule has 0 unspecified atom stereocenters. The molecule has 3 nitrogen and oxygen atoms in total. The first kappa shape index (κ1) is 13.5. The van der Waals surface area contributed by atoms with Gasteiger partial charge in [-0.3, -0.25) is 0 Å². The van der Waals surface area contributed by atoms with Gasteiger partial charge in [0.05, 0.1) is 5.69 Å². The third-order valence-corrected chi connectivity index (χ3v) is 3.22. The number of hydrogen-bond acceptors (Lipinski definition) is 3. The van der Waals surface area contributed by atoms with E-state index in [0.717, 1.165) is 5.56 Å². The average Bonchev–Trinajstić information content (AvgIpc) is 2.47. The molecular weight excluding hydrogens is 289 g/mol. The Balaban J connectivity index is 2.14. The second-order valence-corrected chi connectivity index (χ2v) is 4.93. The van der Waals surface area contributed by atoms with Gasteiger partial charge in [-0.25, -0.2) is 14.4 Å². The zero-order valence-corrected chi connectivity index (χ0v) is 11.7. The lowest BCUT2D eigenvalue weighted by Crippen LogP contribution is -1.99. The molecule has 0 radical (unpaired) electrons. The molecule has 0 aliphatic carbocycles. The van der Waals surface area contributed by atoms with Crippen LogP contribution in [0.5, 0.6) is 0 Å². The van der Waals surface area contributed by atoms with E-state index in [1.807, 2.05) is 30.3 Å². The Bertz CT molecular complexity index is 791. The van der Waals surface area contributed by atoms with E-state index < -0.39 is 5.82 Å². The van der Waals surface area contributed by atoms with Gasteiger partial charge in [0.2, 0.25) is 0 Å². The van der Waals surface area contributed by atoms with E-state index in [9.17, 15) is 4.39 Å². The Hall–Kier alpha value is -2.46. The van der Waals surface area contributed by atoms with E-state index >= 15 is 0 Å². The molecule has 0 aliphatic rings. The standard InChI is InChI=1S/C16H11ClFN3/c17-11-6-7-12(13(18)8-11)14-9-15(19)21-16(20-14)10-4-2-1-3-5-10/h1-9H,(H2,19,20,21). The van der Waals surface area contributed by atoms with Crippen molar-refractivity contribution in [1.29, 1.82) is 0 Å². The Kier molecular flexibility index (Phi) is 3.54. The minimum absolute atomic E-state index is 0.285. The molecule has 0 amide bonds. The summed E-state index contributed by atoms with van der Waals surface area (Å²) >= 11 is 5.77. The fourth-order valence-corrected chi connectivity index (χ4v) is 2.18. The van der Waals surface area contributed by atoms with Crippen LogP contribution in [0.1, 0.15) is 0 Å². The fraction of sp³-hybridized carbons (Fsp3) is 0. The molecule has 0 saturated heterocycles. The molecular formula is C16H11ClFN3. The van der Waals surface area contributed by atoms with E-state index in [1.165, 1.54) is 6.07 Å². The van der Waals surface area contributed by atoms with Crippen LogP contribution in [0.25, 0.3) is 22.6 Å². The summed E-state index contributed by atoms with van der Waals surface area (Å²) in [4.78, 5) is 8.59. The lowest BCUT2D eigenvalue weighted by atomic mass is 10.1. The van der Waals surface area contributed by atoms with Crippen molar-refractivity contribution in [2.24, 2.45) is 0 Å². The highest BCUT2D eigenvalue weighted by molar-refractivity contribution is 6.30. The van der Waals surface area contributed by atoms with E-state index in [-0.39, 0.29) is 5.82 Å². The summed E-state index contributed by atoms with van der Waals surface area (Å²) in [6.45, 7) is 0. The third-order valence-electron chi connectivity index (χ3n) is 2.99. The molecule has 104 valence electrons. The van der Waals surface area contributed by atoms with Crippen LogP contribution >= 0.6 is 11.6 Å². The van der Waals surface area contributed by atoms with Gasteiger partial charge in [-0.1, -0.05) is 41.9 Å². The summed E-state index contributed by atoms with van der Waals surface area (Å²) in [5.74, 6) is 0.299. The van der Waals surface area contributed by atoms with E-state index in [1.54, 1.807) is 18.2 Å². The van der Waals surface area contributed by atoms with Crippen LogP contribution in [-0.4, -0.2) is 9.97 Å². The molecule has 5 heteroatoms. The molecule has 0 atom stereocenters. The van der Waals surface area contributed by atoms with Gasteiger partial charge in [0.1, 0.15) is 11.6 Å². The summed E-state index contributed by atoms with van der Waals surface area (Å²) in [5, 5.41) is 0.335. The number of nitrogen functional groups attached to an aromatic ring is 1. The number of benzene rings is 2. The number of hydrogen-bond donors (Lipinski definition) is 1. The van der Waals surface area contributed by atoms with Crippen molar-refractivity contribution in [1.82, 2.24) is 9.97 Å². The van der Waals surface area contributed by atoms with Gasteiger partial charge >= 0.3 is 0 Å². The van der Waals surface area contributed by atoms with Crippen LogP contribution in [0.4, 0.5) is 10.2 Å². The van der Waals surface area contributed by atoms with Crippen molar-refractivity contribution >= 4 is 17.4 Å². The van der Waals surface area contributed by atoms with Crippen molar-refractivity contribution in [3.63, 3.8) is 0 Å². The second-order valence-electron chi connectivity index (χ2n) is 4.49. The summed E-state index contributed by atoms with van der Waals surface area (Å²) in [5.41, 5.74) is 7.40. The predicted molar refractivity (Wildman–Crippen MR) is 82.3 cm³/mol. The molecule has 0 saturated carbocycles. The molecule has 2 N–H and O–H groups in total. The minimum Gasteiger partial charge on any atom is -0.384 e. The van der Waals surface area contributed by atoms with Crippen LogP contribution in [0, 0.1) is 5.82 Å². The molecule has 1 heterocycles. The van der Waals surface area contributed by atoms with Crippen LogP contribution in [0.15, 0.2) is 54.6 Å². The quantitative estimate of drug-likeness (QED) is 0.772. The first-order valence-electron chi connectivity index (χ1n) is 6.29. The molecule has 21 heavy (non-hydrogen) atoms. The topological polar surface area (TPSA) is 51.8 Å². The number of aromatic nitrogens is 2. The molecule has 0 fully saturated rings. The largest absolute Gasteiger partial charge is 0.384 e. The SMILES string of the molecule is Nc1cc(-c2ccc(Cl)cc2F)nc(-c2ccccc2)n1. The molecule has 0 aliphatic heterocycles.